The van der Waals surface area contributed by atoms with Gasteiger partial charge >= 0.3 is 12.4 Å². The maximum atomic E-state index is 13.7. The summed E-state index contributed by atoms with van der Waals surface area (Å²) in [5.74, 6) is -0.584. The number of halogens is 6. The number of nitrogens with zero attached hydrogens (tertiary/aromatic N) is 4. The Balaban J connectivity index is 1.67. The molecule has 1 aliphatic rings. The first-order valence-electron chi connectivity index (χ1n) is 11.1. The lowest BCUT2D eigenvalue weighted by Crippen LogP contribution is -2.38. The van der Waals surface area contributed by atoms with E-state index in [1.54, 1.807) is 4.57 Å². The normalized spacial score (nSPS) is 19.1. The maximum Gasteiger partial charge on any atom is 0.422 e. The highest BCUT2D eigenvalue weighted by atomic mass is 32.2. The van der Waals surface area contributed by atoms with Crippen molar-refractivity contribution in [3.05, 3.63) is 54.7 Å². The number of hydrogen-bond acceptors (Lipinski definition) is 6. The highest BCUT2D eigenvalue weighted by Crippen LogP contribution is 2.37. The second kappa shape index (κ2) is 10.3. The molecule has 2 aromatic heterocycles. The van der Waals surface area contributed by atoms with E-state index in [1.165, 1.54) is 24.8 Å². The van der Waals surface area contributed by atoms with Crippen LogP contribution in [0.5, 0.6) is 5.88 Å². The molecular weight excluding hydrogens is 528 g/mol. The van der Waals surface area contributed by atoms with Crippen molar-refractivity contribution in [1.29, 1.82) is 0 Å². The van der Waals surface area contributed by atoms with E-state index in [9.17, 15) is 34.8 Å². The molecule has 8 nitrogen and oxygen atoms in total. The van der Waals surface area contributed by atoms with Gasteiger partial charge in [-0.05, 0) is 61.6 Å². The second-order valence-electron chi connectivity index (χ2n) is 8.55. The van der Waals surface area contributed by atoms with E-state index in [-0.39, 0.29) is 17.2 Å². The summed E-state index contributed by atoms with van der Waals surface area (Å²) in [6.45, 7) is -1.72. The third-order valence-corrected chi connectivity index (χ3v) is 7.33. The Hall–Kier alpha value is -3.20. The summed E-state index contributed by atoms with van der Waals surface area (Å²) in [6, 6.07) is 3.91. The van der Waals surface area contributed by atoms with Gasteiger partial charge in [-0.25, -0.2) is 18.1 Å². The molecule has 1 aliphatic carbocycles. The predicted octanol–water partition coefficient (Wildman–Crippen LogP) is 4.76. The van der Waals surface area contributed by atoms with E-state index in [0.29, 0.717) is 31.4 Å². The largest absolute Gasteiger partial charge is 0.468 e. The van der Waals surface area contributed by atoms with Crippen LogP contribution in [0.25, 0.3) is 11.1 Å². The number of sulfonamides is 1. The third-order valence-electron chi connectivity index (χ3n) is 5.83. The van der Waals surface area contributed by atoms with Crippen LogP contribution in [0.15, 0.2) is 54.1 Å². The van der Waals surface area contributed by atoms with Gasteiger partial charge in [-0.1, -0.05) is 0 Å². The first kappa shape index (κ1) is 26.9. The summed E-state index contributed by atoms with van der Waals surface area (Å²) >= 11 is 0. The van der Waals surface area contributed by atoms with Gasteiger partial charge in [-0.3, -0.25) is 0 Å². The zero-order chi connectivity index (χ0) is 26.8. The Labute approximate surface area is 207 Å². The quantitative estimate of drug-likeness (QED) is 0.427. The van der Waals surface area contributed by atoms with Crippen LogP contribution in [0, 0.1) is 0 Å². The van der Waals surface area contributed by atoms with Crippen LogP contribution in [0.2, 0.25) is 0 Å². The maximum absolute atomic E-state index is 13.7. The molecule has 1 fully saturated rings. The average molecular weight is 549 g/mol. The standard InChI is InChI=1S/C22H21F6N5O3S/c23-21(24,25)11-36-20-19(5-2-6-29-20)14-7-15(22(26,27)28)9-18(8-14)37(34,35)32-16-3-1-4-17(10-16)33-12-30-31-13-33/h2,5-9,12-13,16-17,32H,1,3-4,10-11H2. The van der Waals surface area contributed by atoms with Crippen molar-refractivity contribution >= 4 is 10.0 Å². The van der Waals surface area contributed by atoms with E-state index in [4.69, 9.17) is 0 Å². The van der Waals surface area contributed by atoms with Crippen molar-refractivity contribution in [3.8, 4) is 17.0 Å². The van der Waals surface area contributed by atoms with Crippen LogP contribution in [0.1, 0.15) is 37.3 Å². The summed E-state index contributed by atoms with van der Waals surface area (Å²) in [7, 11) is -4.45. The summed E-state index contributed by atoms with van der Waals surface area (Å²) < 4.78 is 114. The van der Waals surface area contributed by atoms with Gasteiger partial charge < -0.3 is 9.30 Å². The molecule has 2 atom stereocenters. The number of benzene rings is 1. The van der Waals surface area contributed by atoms with Gasteiger partial charge in [0, 0.05) is 23.8 Å². The van der Waals surface area contributed by atoms with E-state index in [1.807, 2.05) is 0 Å². The number of alkyl halides is 6. The first-order valence-corrected chi connectivity index (χ1v) is 12.5. The van der Waals surface area contributed by atoms with Crippen LogP contribution < -0.4 is 9.46 Å². The molecule has 0 aliphatic heterocycles. The minimum absolute atomic E-state index is 0.0859. The van der Waals surface area contributed by atoms with Gasteiger partial charge in [-0.15, -0.1) is 10.2 Å². The fourth-order valence-corrected chi connectivity index (χ4v) is 5.53. The van der Waals surface area contributed by atoms with Crippen molar-refractivity contribution in [1.82, 2.24) is 24.5 Å². The topological polar surface area (TPSA) is 99.0 Å². The van der Waals surface area contributed by atoms with Gasteiger partial charge in [0.2, 0.25) is 15.9 Å². The molecule has 1 aromatic carbocycles. The summed E-state index contributed by atoms with van der Waals surface area (Å²) in [4.78, 5) is 3.00. The Morgan fingerprint density at radius 3 is 2.46 bits per heavy atom. The Morgan fingerprint density at radius 1 is 1.05 bits per heavy atom. The molecule has 0 amide bonds. The highest BCUT2D eigenvalue weighted by molar-refractivity contribution is 7.89. The summed E-state index contributed by atoms with van der Waals surface area (Å²) in [5.41, 5.74) is -1.83. The molecule has 15 heteroatoms. The van der Waals surface area contributed by atoms with Crippen LogP contribution in [0.3, 0.4) is 0 Å². The number of pyridine rings is 1. The van der Waals surface area contributed by atoms with Gasteiger partial charge in [0.1, 0.15) is 12.7 Å². The van der Waals surface area contributed by atoms with Crippen LogP contribution >= 0.6 is 0 Å². The molecule has 4 rings (SSSR count). The molecule has 0 spiro atoms. The van der Waals surface area contributed by atoms with Crippen molar-refractivity contribution < 1.29 is 39.5 Å². The fourth-order valence-electron chi connectivity index (χ4n) is 4.18. The summed E-state index contributed by atoms with van der Waals surface area (Å²) in [6.07, 6.45) is -3.25. The average Bonchev–Trinajstić information content (AvgIpc) is 3.37. The lowest BCUT2D eigenvalue weighted by molar-refractivity contribution is -0.154. The molecule has 1 N–H and O–H groups in total. The van der Waals surface area contributed by atoms with E-state index >= 15 is 0 Å². The molecular formula is C22H21F6N5O3S. The lowest BCUT2D eigenvalue weighted by atomic mass is 9.91. The molecule has 200 valence electrons. The minimum atomic E-state index is -4.93. The van der Waals surface area contributed by atoms with E-state index in [0.717, 1.165) is 18.7 Å². The van der Waals surface area contributed by atoms with Gasteiger partial charge in [-0.2, -0.15) is 26.3 Å². The van der Waals surface area contributed by atoms with Crippen molar-refractivity contribution in [2.45, 2.75) is 55.0 Å². The highest BCUT2D eigenvalue weighted by Gasteiger charge is 2.35. The Bertz CT molecular complexity index is 1330. The number of nitrogens with one attached hydrogen (secondary N) is 1. The van der Waals surface area contributed by atoms with Crippen LogP contribution in [-0.2, 0) is 16.2 Å². The number of rotatable bonds is 7. The second-order valence-corrected chi connectivity index (χ2v) is 10.3. The molecule has 1 saturated carbocycles. The predicted molar refractivity (Wildman–Crippen MR) is 118 cm³/mol. The SMILES string of the molecule is O=S(=O)(NC1CCCC(n2cnnc2)C1)c1cc(-c2cccnc2OCC(F)(F)F)cc(C(F)(F)F)c1. The molecule has 3 aromatic rings. The zero-order valence-corrected chi connectivity index (χ0v) is 19.8. The van der Waals surface area contributed by atoms with Gasteiger partial charge in [0.15, 0.2) is 6.61 Å². The van der Waals surface area contributed by atoms with Gasteiger partial charge in [0.25, 0.3) is 0 Å². The number of hydrogen-bond donors (Lipinski definition) is 1. The molecule has 2 unspecified atom stereocenters. The Kier molecular flexibility index (Phi) is 7.46. The molecule has 2 heterocycles. The third kappa shape index (κ3) is 6.77. The zero-order valence-electron chi connectivity index (χ0n) is 19.0. The van der Waals surface area contributed by atoms with Crippen LogP contribution in [0.4, 0.5) is 26.3 Å². The molecule has 37 heavy (non-hydrogen) atoms. The minimum Gasteiger partial charge on any atom is -0.468 e. The molecule has 0 radical (unpaired) electrons. The van der Waals surface area contributed by atoms with Crippen LogP contribution in [-0.4, -0.2) is 47.0 Å². The lowest BCUT2D eigenvalue weighted by Gasteiger charge is -2.30. The van der Waals surface area contributed by atoms with Crippen molar-refractivity contribution in [3.63, 3.8) is 0 Å². The Morgan fingerprint density at radius 2 is 1.78 bits per heavy atom. The van der Waals surface area contributed by atoms with E-state index in [2.05, 4.69) is 24.6 Å². The van der Waals surface area contributed by atoms with Crippen molar-refractivity contribution in [2.24, 2.45) is 0 Å². The van der Waals surface area contributed by atoms with Gasteiger partial charge in [0.05, 0.1) is 10.5 Å². The number of aromatic nitrogens is 4. The van der Waals surface area contributed by atoms with E-state index < -0.39 is 51.4 Å². The summed E-state index contributed by atoms with van der Waals surface area (Å²) in [5, 5.41) is 7.48. The monoisotopic (exact) mass is 549 g/mol. The fraction of sp³-hybridized carbons (Fsp3) is 0.409. The molecule has 0 saturated heterocycles. The smallest absolute Gasteiger partial charge is 0.422 e. The molecule has 0 bridgehead atoms. The van der Waals surface area contributed by atoms with Crippen molar-refractivity contribution in [2.75, 3.05) is 6.61 Å². The number of ether oxygens (including phenoxy) is 1. The first-order chi connectivity index (χ1) is 17.3.